The van der Waals surface area contributed by atoms with Gasteiger partial charge < -0.3 is 9.13 Å². The lowest BCUT2D eigenvalue weighted by molar-refractivity contribution is -0.137. The molecule has 0 aliphatic heterocycles. The summed E-state index contributed by atoms with van der Waals surface area (Å²) in [6.07, 6.45) is -4.64. The average Bonchev–Trinajstić information content (AvgIpc) is 2.23. The van der Waals surface area contributed by atoms with Crippen LogP contribution in [-0.2, 0) is 6.18 Å². The molecule has 388 valence electrons. The molecule has 83 heavy (non-hydrogen) atoms. The third-order valence-corrected chi connectivity index (χ3v) is 15.4. The second-order valence-corrected chi connectivity index (χ2v) is 20.4. The maximum Gasteiger partial charge on any atom is 0.416 e. The first-order valence-corrected chi connectivity index (χ1v) is 26.4. The van der Waals surface area contributed by atoms with E-state index in [1.165, 1.54) is 6.07 Å². The van der Waals surface area contributed by atoms with Crippen molar-refractivity contribution in [2.45, 2.75) is 13.1 Å². The molecule has 0 unspecified atom stereocenters. The second-order valence-electron chi connectivity index (χ2n) is 20.4. The van der Waals surface area contributed by atoms with Gasteiger partial charge in [-0.3, -0.25) is 0 Å². The zero-order chi connectivity index (χ0) is 57.1. The highest BCUT2D eigenvalue weighted by Gasteiger charge is 2.32. The van der Waals surface area contributed by atoms with E-state index >= 15 is 0 Å². The average molecular weight is 1070 g/mol. The van der Waals surface area contributed by atoms with Crippen molar-refractivity contribution in [3.63, 3.8) is 0 Å². The summed E-state index contributed by atoms with van der Waals surface area (Å²) in [7, 11) is 0. The van der Waals surface area contributed by atoms with Crippen LogP contribution in [0.4, 0.5) is 30.2 Å². The van der Waals surface area contributed by atoms with Crippen LogP contribution >= 0.6 is 0 Å². The van der Waals surface area contributed by atoms with Gasteiger partial charge in [-0.05, 0) is 195 Å². The third-order valence-electron chi connectivity index (χ3n) is 15.4. The van der Waals surface area contributed by atoms with Crippen LogP contribution < -0.4 is 0 Å². The van der Waals surface area contributed by atoms with E-state index < -0.39 is 11.7 Å². The number of alkyl halides is 3. The van der Waals surface area contributed by atoms with E-state index in [-0.39, 0.29) is 0 Å². The molecule has 0 saturated heterocycles. The molecule has 0 radical (unpaired) electrons. The lowest BCUT2D eigenvalue weighted by Gasteiger charge is -2.20. The Morgan fingerprint density at radius 3 is 1.27 bits per heavy atom. The van der Waals surface area contributed by atoms with Crippen molar-refractivity contribution in [3.05, 3.63) is 281 Å². The van der Waals surface area contributed by atoms with Crippen LogP contribution in [0, 0.1) is 49.3 Å². The highest BCUT2D eigenvalue weighted by molar-refractivity contribution is 6.14. The van der Waals surface area contributed by atoms with Crippen molar-refractivity contribution in [1.29, 1.82) is 10.5 Å². The molecular weight excluding hydrogens is 1030 g/mol. The SMILES string of the molecule is [C-]#[N+]c1cccc(-c2ccc3c(c2)c2cc(-c4cccc([N+]#[C-])c4)ccc2n3-c2ccc(-c3cc(C)cc(C(F)(F)F)c3)c(-c3cc(C#N)ccc3-n3c4ccc(-c5cccc(C#N)c5)cc4c4cc(-c5cccc([N+]#[C-])c5)ccc43)c2)c1. The summed E-state index contributed by atoms with van der Waals surface area (Å²) >= 11 is 0. The normalized spacial score (nSPS) is 11.3. The van der Waals surface area contributed by atoms with Gasteiger partial charge in [0.05, 0.1) is 76.3 Å². The van der Waals surface area contributed by atoms with Gasteiger partial charge >= 0.3 is 6.18 Å². The number of aryl methyl sites for hydroxylation is 1. The lowest BCUT2D eigenvalue weighted by Crippen LogP contribution is -2.06. The summed E-state index contributed by atoms with van der Waals surface area (Å²) < 4.78 is 48.9. The molecule has 11 aromatic carbocycles. The summed E-state index contributed by atoms with van der Waals surface area (Å²) in [5, 5.41) is 24.2. The van der Waals surface area contributed by atoms with E-state index in [2.05, 4.69) is 72.2 Å². The summed E-state index contributed by atoms with van der Waals surface area (Å²) in [5.41, 5.74) is 15.7. The first-order valence-electron chi connectivity index (χ1n) is 26.4. The predicted octanol–water partition coefficient (Wildman–Crippen LogP) is 20.6. The quantitative estimate of drug-likeness (QED) is 0.142. The molecule has 7 nitrogen and oxygen atoms in total. The fourth-order valence-corrected chi connectivity index (χ4v) is 11.6. The molecule has 0 aliphatic carbocycles. The van der Waals surface area contributed by atoms with E-state index in [4.69, 9.17) is 19.7 Å². The Labute approximate surface area is 475 Å². The molecule has 0 bridgehead atoms. The van der Waals surface area contributed by atoms with Crippen LogP contribution in [0.1, 0.15) is 22.3 Å². The monoisotopic (exact) mass is 1070 g/mol. The molecule has 2 aromatic heterocycles. The van der Waals surface area contributed by atoms with Crippen LogP contribution in [0.15, 0.2) is 224 Å². The van der Waals surface area contributed by atoms with Gasteiger partial charge in [0, 0.05) is 32.8 Å². The van der Waals surface area contributed by atoms with Gasteiger partial charge in [0.25, 0.3) is 0 Å². The Morgan fingerprint density at radius 2 is 0.807 bits per heavy atom. The van der Waals surface area contributed by atoms with Gasteiger partial charge in [-0.1, -0.05) is 103 Å². The molecule has 0 fully saturated rings. The van der Waals surface area contributed by atoms with Gasteiger partial charge in [0.2, 0.25) is 0 Å². The maximum atomic E-state index is 14.9. The number of halogens is 3. The summed E-state index contributed by atoms with van der Waals surface area (Å²) in [6, 6.07) is 74.5. The predicted molar refractivity (Wildman–Crippen MR) is 326 cm³/mol. The van der Waals surface area contributed by atoms with E-state index in [1.54, 1.807) is 49.4 Å². The maximum absolute atomic E-state index is 14.9. The number of aromatic nitrogens is 2. The molecule has 0 aliphatic rings. The zero-order valence-electron chi connectivity index (χ0n) is 44.1. The van der Waals surface area contributed by atoms with Crippen molar-refractivity contribution in [3.8, 4) is 90.3 Å². The minimum absolute atomic E-state index is 0.337. The third kappa shape index (κ3) is 9.04. The fraction of sp³-hybridized carbons (Fsp3) is 0.0274. The second kappa shape index (κ2) is 20.2. The van der Waals surface area contributed by atoms with Crippen molar-refractivity contribution in [1.82, 2.24) is 9.13 Å². The smallest absolute Gasteiger partial charge is 0.309 e. The Kier molecular flexibility index (Phi) is 12.3. The van der Waals surface area contributed by atoms with Crippen LogP contribution in [-0.4, -0.2) is 9.13 Å². The number of nitriles is 2. The Morgan fingerprint density at radius 1 is 0.373 bits per heavy atom. The Hall–Kier alpha value is -11.7. The molecule has 2 heterocycles. The van der Waals surface area contributed by atoms with Crippen molar-refractivity contribution >= 4 is 60.7 Å². The van der Waals surface area contributed by atoms with Gasteiger partial charge in [-0.2, -0.15) is 23.7 Å². The van der Waals surface area contributed by atoms with Crippen molar-refractivity contribution < 1.29 is 13.2 Å². The molecule has 13 rings (SSSR count). The molecule has 0 spiro atoms. The number of hydrogen-bond acceptors (Lipinski definition) is 2. The first kappa shape index (κ1) is 50.7. The highest BCUT2D eigenvalue weighted by Crippen LogP contribution is 2.46. The van der Waals surface area contributed by atoms with E-state index in [9.17, 15) is 23.7 Å². The highest BCUT2D eigenvalue weighted by atomic mass is 19.4. The Balaban J connectivity index is 1.10. The van der Waals surface area contributed by atoms with Crippen molar-refractivity contribution in [2.24, 2.45) is 0 Å². The fourth-order valence-electron chi connectivity index (χ4n) is 11.6. The Bertz CT molecular complexity index is 4890. The molecule has 13 aromatic rings. The lowest BCUT2D eigenvalue weighted by atomic mass is 9.90. The van der Waals surface area contributed by atoms with E-state index in [0.717, 1.165) is 94.2 Å². The topological polar surface area (TPSA) is 70.5 Å². The number of benzene rings is 11. The standard InChI is InChI=1S/C73H40F3N7/c1-44-29-55(33-56(30-44)73(74,75)76)61-23-22-60(82-68-25-18-52(48-11-6-14-57(34-48)79-2)38-64(68)65-39-53(19-26-69(65)82)49-12-7-15-58(35-49)80-3)41-62(61)63-32-46(43-78)17-24-70(63)83-71-27-20-51(47-10-5-9-45(31-47)42-77)37-66(71)67-40-54(21-28-72(67)83)50-13-8-16-59(36-50)81-4/h5-41H,1H3. The molecule has 10 heteroatoms. The molecule has 0 saturated carbocycles. The number of rotatable bonds is 8. The first-order chi connectivity index (χ1) is 40.4. The molecule has 0 atom stereocenters. The van der Waals surface area contributed by atoms with E-state index in [1.807, 2.05) is 133 Å². The van der Waals surface area contributed by atoms with Crippen LogP contribution in [0.5, 0.6) is 0 Å². The van der Waals surface area contributed by atoms with Gasteiger partial charge in [0.1, 0.15) is 0 Å². The van der Waals surface area contributed by atoms with E-state index in [0.29, 0.717) is 67.4 Å². The van der Waals surface area contributed by atoms with Gasteiger partial charge in [0.15, 0.2) is 17.1 Å². The summed E-state index contributed by atoms with van der Waals surface area (Å²) in [6.45, 7) is 24.9. The molecular formula is C73H40F3N7. The minimum atomic E-state index is -4.64. The molecule has 0 N–H and O–H groups in total. The zero-order valence-corrected chi connectivity index (χ0v) is 44.1. The number of fused-ring (bicyclic) bond motifs is 6. The number of nitrogens with zero attached hydrogens (tertiary/aromatic N) is 7. The number of hydrogen-bond donors (Lipinski definition) is 0. The minimum Gasteiger partial charge on any atom is -0.309 e. The van der Waals surface area contributed by atoms with Crippen LogP contribution in [0.3, 0.4) is 0 Å². The van der Waals surface area contributed by atoms with Crippen LogP contribution in [0.2, 0.25) is 0 Å². The van der Waals surface area contributed by atoms with Crippen molar-refractivity contribution in [2.75, 3.05) is 0 Å². The van der Waals surface area contributed by atoms with Crippen LogP contribution in [0.25, 0.3) is 136 Å². The summed E-state index contributed by atoms with van der Waals surface area (Å²) in [4.78, 5) is 11.1. The molecule has 0 amide bonds. The van der Waals surface area contributed by atoms with Gasteiger partial charge in [-0.15, -0.1) is 0 Å². The summed E-state index contributed by atoms with van der Waals surface area (Å²) in [5.74, 6) is 0. The largest absolute Gasteiger partial charge is 0.416 e. The van der Waals surface area contributed by atoms with Gasteiger partial charge in [-0.25, -0.2) is 14.5 Å².